The Kier molecular flexibility index (Phi) is 20.9. The number of rotatable bonds is 14. The lowest BCUT2D eigenvalue weighted by Gasteiger charge is -1.98. The van der Waals surface area contributed by atoms with E-state index < -0.39 is 0 Å². The lowest BCUT2D eigenvalue weighted by atomic mass is 10.1. The van der Waals surface area contributed by atoms with Crippen LogP contribution in [0.15, 0.2) is 0 Å². The van der Waals surface area contributed by atoms with Crippen molar-refractivity contribution >= 4 is 11.6 Å². The van der Waals surface area contributed by atoms with Gasteiger partial charge in [0.2, 0.25) is 0 Å². The predicted octanol–water partition coefficient (Wildman–Crippen LogP) is 7.49. The van der Waals surface area contributed by atoms with E-state index in [0.29, 0.717) is 5.88 Å². The van der Waals surface area contributed by atoms with Gasteiger partial charge in [0.15, 0.2) is 0 Å². The SMILES string of the molecule is CCCCCCCCCC#CCCCCCCCC#CCCCl. The molecule has 0 saturated heterocycles. The lowest BCUT2D eigenvalue weighted by molar-refractivity contribution is 0.594. The number of unbranched alkanes of at least 4 members (excludes halogenated alkanes) is 13. The molecule has 0 aromatic carbocycles. The maximum absolute atomic E-state index is 5.57. The minimum absolute atomic E-state index is 0.660. The van der Waals surface area contributed by atoms with Gasteiger partial charge in [-0.05, 0) is 19.3 Å². The van der Waals surface area contributed by atoms with Crippen molar-refractivity contribution in [2.45, 2.75) is 110 Å². The summed E-state index contributed by atoms with van der Waals surface area (Å²) in [7, 11) is 0. The number of hydrogen-bond donors (Lipinski definition) is 0. The fourth-order valence-corrected chi connectivity index (χ4v) is 2.62. The van der Waals surface area contributed by atoms with Crippen LogP contribution in [-0.4, -0.2) is 5.88 Å². The molecule has 23 heavy (non-hydrogen) atoms. The van der Waals surface area contributed by atoms with E-state index in [4.69, 9.17) is 11.6 Å². The van der Waals surface area contributed by atoms with Crippen LogP contribution in [0.5, 0.6) is 0 Å². The number of hydrogen-bond acceptors (Lipinski definition) is 0. The molecular weight excluding hydrogens is 300 g/mol. The highest BCUT2D eigenvalue weighted by Crippen LogP contribution is 2.08. The molecule has 0 nitrogen and oxygen atoms in total. The van der Waals surface area contributed by atoms with Crippen LogP contribution in [0.4, 0.5) is 0 Å². The molecule has 0 spiro atoms. The van der Waals surface area contributed by atoms with Crippen molar-refractivity contribution in [3.8, 4) is 23.7 Å². The second-order valence-corrected chi connectivity index (χ2v) is 6.66. The maximum atomic E-state index is 5.57. The van der Waals surface area contributed by atoms with Crippen molar-refractivity contribution in [2.24, 2.45) is 0 Å². The van der Waals surface area contributed by atoms with Gasteiger partial charge in [0, 0.05) is 31.6 Å². The standard InChI is InChI=1S/C22H37Cl/c1-2-3-4-5-6-7-8-9-10-11-12-13-14-15-16-17-18-19-20-21-22-23/h2-9,12-18,21-22H2,1H3. The van der Waals surface area contributed by atoms with Gasteiger partial charge in [0.25, 0.3) is 0 Å². The zero-order chi connectivity index (χ0) is 16.8. The molecule has 0 bridgehead atoms. The predicted molar refractivity (Wildman–Crippen MR) is 106 cm³/mol. The third-order valence-electron chi connectivity index (χ3n) is 3.98. The van der Waals surface area contributed by atoms with Crippen LogP contribution >= 0.6 is 11.6 Å². The normalized spacial score (nSPS) is 9.83. The fourth-order valence-electron chi connectivity index (χ4n) is 2.53. The monoisotopic (exact) mass is 336 g/mol. The largest absolute Gasteiger partial charge is 0.126 e. The van der Waals surface area contributed by atoms with Gasteiger partial charge in [-0.2, -0.15) is 0 Å². The molecule has 132 valence electrons. The quantitative estimate of drug-likeness (QED) is 0.175. The van der Waals surface area contributed by atoms with Crippen molar-refractivity contribution in [1.82, 2.24) is 0 Å². The highest BCUT2D eigenvalue weighted by atomic mass is 35.5. The van der Waals surface area contributed by atoms with Gasteiger partial charge in [-0.15, -0.1) is 35.3 Å². The van der Waals surface area contributed by atoms with Crippen molar-refractivity contribution in [3.63, 3.8) is 0 Å². The summed E-state index contributed by atoms with van der Waals surface area (Å²) >= 11 is 5.57. The van der Waals surface area contributed by atoms with E-state index in [1.807, 2.05) is 0 Å². The molecule has 0 amide bonds. The van der Waals surface area contributed by atoms with Crippen molar-refractivity contribution < 1.29 is 0 Å². The Bertz CT molecular complexity index is 336. The average Bonchev–Trinajstić information content (AvgIpc) is 2.57. The molecule has 0 aliphatic heterocycles. The maximum Gasteiger partial charge on any atom is 0.0333 e. The van der Waals surface area contributed by atoms with Crippen LogP contribution in [0.25, 0.3) is 0 Å². The minimum atomic E-state index is 0.660. The zero-order valence-electron chi connectivity index (χ0n) is 15.4. The Balaban J connectivity index is 3.14. The smallest absolute Gasteiger partial charge is 0.0333 e. The molecule has 0 aliphatic carbocycles. The van der Waals surface area contributed by atoms with Crippen molar-refractivity contribution in [3.05, 3.63) is 0 Å². The second-order valence-electron chi connectivity index (χ2n) is 6.29. The molecule has 0 N–H and O–H groups in total. The van der Waals surface area contributed by atoms with Gasteiger partial charge in [-0.25, -0.2) is 0 Å². The summed E-state index contributed by atoms with van der Waals surface area (Å²) in [6, 6.07) is 0. The summed E-state index contributed by atoms with van der Waals surface area (Å²) in [5.74, 6) is 13.6. The molecule has 0 saturated carbocycles. The molecule has 0 rings (SSSR count). The van der Waals surface area contributed by atoms with E-state index in [-0.39, 0.29) is 0 Å². The Morgan fingerprint density at radius 3 is 1.22 bits per heavy atom. The Hall–Kier alpha value is -0.590. The van der Waals surface area contributed by atoms with E-state index in [1.54, 1.807) is 0 Å². The first kappa shape index (κ1) is 22.4. The highest BCUT2D eigenvalue weighted by Gasteiger charge is 1.90. The third-order valence-corrected chi connectivity index (χ3v) is 4.17. The topological polar surface area (TPSA) is 0 Å². The Morgan fingerprint density at radius 1 is 0.478 bits per heavy atom. The number of alkyl halides is 1. The second kappa shape index (κ2) is 21.4. The summed E-state index contributed by atoms with van der Waals surface area (Å²) in [5.41, 5.74) is 0. The van der Waals surface area contributed by atoms with Crippen molar-refractivity contribution in [1.29, 1.82) is 0 Å². The van der Waals surface area contributed by atoms with Crippen LogP contribution in [0, 0.1) is 23.7 Å². The first-order valence-electron chi connectivity index (χ1n) is 9.89. The fraction of sp³-hybridized carbons (Fsp3) is 0.818. The summed E-state index contributed by atoms with van der Waals surface area (Å²) < 4.78 is 0. The third kappa shape index (κ3) is 21.4. The van der Waals surface area contributed by atoms with Crippen LogP contribution in [-0.2, 0) is 0 Å². The molecule has 0 radical (unpaired) electrons. The molecule has 0 atom stereocenters. The molecule has 1 heteroatoms. The minimum Gasteiger partial charge on any atom is -0.126 e. The summed E-state index contributed by atoms with van der Waals surface area (Å²) in [4.78, 5) is 0. The average molecular weight is 337 g/mol. The van der Waals surface area contributed by atoms with E-state index in [9.17, 15) is 0 Å². The molecule has 0 fully saturated rings. The van der Waals surface area contributed by atoms with Gasteiger partial charge in [0.1, 0.15) is 0 Å². The molecular formula is C22H37Cl. The van der Waals surface area contributed by atoms with E-state index in [2.05, 4.69) is 30.6 Å². The van der Waals surface area contributed by atoms with E-state index in [0.717, 1.165) is 25.7 Å². The van der Waals surface area contributed by atoms with Gasteiger partial charge in [0.05, 0.1) is 0 Å². The summed E-state index contributed by atoms with van der Waals surface area (Å²) in [6.45, 7) is 2.27. The molecule has 0 heterocycles. The molecule has 0 aromatic rings. The first-order chi connectivity index (χ1) is 11.4. The van der Waals surface area contributed by atoms with Crippen LogP contribution in [0.2, 0.25) is 0 Å². The summed E-state index contributed by atoms with van der Waals surface area (Å²) in [6.07, 6.45) is 20.2. The number of halogens is 1. The van der Waals surface area contributed by atoms with Crippen molar-refractivity contribution in [2.75, 3.05) is 5.88 Å². The van der Waals surface area contributed by atoms with E-state index >= 15 is 0 Å². The summed E-state index contributed by atoms with van der Waals surface area (Å²) in [5, 5.41) is 0. The van der Waals surface area contributed by atoms with Crippen LogP contribution in [0.3, 0.4) is 0 Å². The first-order valence-corrected chi connectivity index (χ1v) is 10.4. The van der Waals surface area contributed by atoms with Gasteiger partial charge >= 0.3 is 0 Å². The molecule has 0 unspecified atom stereocenters. The zero-order valence-corrected chi connectivity index (χ0v) is 16.2. The van der Waals surface area contributed by atoms with Gasteiger partial charge < -0.3 is 0 Å². The van der Waals surface area contributed by atoms with Crippen LogP contribution < -0.4 is 0 Å². The molecule has 0 aromatic heterocycles. The molecule has 0 aliphatic rings. The highest BCUT2D eigenvalue weighted by molar-refractivity contribution is 6.18. The Labute approximate surface area is 151 Å². The van der Waals surface area contributed by atoms with Crippen LogP contribution in [0.1, 0.15) is 110 Å². The van der Waals surface area contributed by atoms with Gasteiger partial charge in [-0.3, -0.25) is 0 Å². The van der Waals surface area contributed by atoms with E-state index in [1.165, 1.54) is 77.0 Å². The Morgan fingerprint density at radius 2 is 0.826 bits per heavy atom. The van der Waals surface area contributed by atoms with Gasteiger partial charge in [-0.1, -0.05) is 64.7 Å². The lowest BCUT2D eigenvalue weighted by Crippen LogP contribution is -1.80.